The highest BCUT2D eigenvalue weighted by Gasteiger charge is 2.52. The maximum absolute atomic E-state index is 12.9. The van der Waals surface area contributed by atoms with Gasteiger partial charge < -0.3 is 63.3 Å². The van der Waals surface area contributed by atoms with Crippen LogP contribution in [0.25, 0.3) is 0 Å². The van der Waals surface area contributed by atoms with Crippen LogP contribution in [0.15, 0.2) is 24.3 Å². The number of rotatable bonds is 11. The predicted molar refractivity (Wildman–Crippen MR) is 200 cm³/mol. The molecule has 0 aromatic rings. The zero-order valence-corrected chi connectivity index (χ0v) is 34.2. The van der Waals surface area contributed by atoms with Gasteiger partial charge in [0.15, 0.2) is 18.7 Å². The van der Waals surface area contributed by atoms with E-state index in [1.54, 1.807) is 64.9 Å². The van der Waals surface area contributed by atoms with Crippen LogP contribution in [0, 0.1) is 17.8 Å². The Morgan fingerprint density at radius 2 is 1.73 bits per heavy atom. The molecule has 0 radical (unpaired) electrons. The van der Waals surface area contributed by atoms with Crippen LogP contribution in [0.1, 0.15) is 87.0 Å². The molecule has 0 aromatic carbocycles. The van der Waals surface area contributed by atoms with Crippen molar-refractivity contribution in [3.05, 3.63) is 24.3 Å². The number of esters is 2. The summed E-state index contributed by atoms with van der Waals surface area (Å²) in [4.78, 5) is 39.3. The van der Waals surface area contributed by atoms with Crippen molar-refractivity contribution in [1.29, 1.82) is 0 Å². The van der Waals surface area contributed by atoms with Gasteiger partial charge in [-0.05, 0) is 66.0 Å². The number of methoxy groups -OCH3 is 1. The molecule has 3 aliphatic heterocycles. The number of hydrogen-bond donors (Lipinski definition) is 4. The standard InChI is InChI=1S/C40H67NO14/c1-22(2)18-30(45)53-38-26(6)51-32(21-40(38,7)48)54-35-25(5)52-39(34(47)33(35)41(8)9)55-36-27(16-17-42)19-23(3)28(43)15-13-11-12-14-24(4)50-31(46)20-29(44)37(36)49-10/h11-13,15,17,22-29,32-39,43-44,47-48H,14,16,18-21H2,1-10H3/b12-11-,15-13+/t23-,24-,25-,26+,27+,28+,29-,32+,33-,34-,35-,36?,37+,38+,39+,40-/m1/s1. The van der Waals surface area contributed by atoms with Gasteiger partial charge in [0, 0.05) is 32.8 Å². The second-order valence-corrected chi connectivity index (χ2v) is 16.4. The summed E-state index contributed by atoms with van der Waals surface area (Å²) in [6.45, 7) is 12.4. The number of ether oxygens (including phenoxy) is 7. The summed E-state index contributed by atoms with van der Waals surface area (Å²) < 4.78 is 42.4. The van der Waals surface area contributed by atoms with Gasteiger partial charge in [-0.2, -0.15) is 0 Å². The van der Waals surface area contributed by atoms with Crippen molar-refractivity contribution in [3.63, 3.8) is 0 Å². The molecule has 0 spiro atoms. The van der Waals surface area contributed by atoms with Gasteiger partial charge in [0.05, 0.1) is 43.0 Å². The number of aldehydes is 1. The first-order chi connectivity index (χ1) is 25.8. The van der Waals surface area contributed by atoms with E-state index in [0.717, 1.165) is 6.29 Å². The van der Waals surface area contributed by atoms with E-state index in [0.29, 0.717) is 6.42 Å². The van der Waals surface area contributed by atoms with E-state index in [1.807, 2.05) is 26.8 Å². The Hall–Kier alpha value is -2.31. The summed E-state index contributed by atoms with van der Waals surface area (Å²) in [7, 11) is 4.86. The van der Waals surface area contributed by atoms with E-state index in [4.69, 9.17) is 33.2 Å². The highest BCUT2D eigenvalue weighted by atomic mass is 16.7. The number of carbonyl (C=O) groups is 3. The molecule has 3 aliphatic rings. The molecule has 0 bridgehead atoms. The van der Waals surface area contributed by atoms with Gasteiger partial charge in [-0.3, -0.25) is 9.59 Å². The Morgan fingerprint density at radius 3 is 2.33 bits per heavy atom. The molecule has 16 atom stereocenters. The molecule has 316 valence electrons. The Bertz CT molecular complexity index is 1270. The normalized spacial score (nSPS) is 42.4. The SMILES string of the molecule is CO[C@@H]1C(O[C@@H]2O[C@H](C)[C@@H](O[C@H]3C[C@@](C)(O)[C@@H](OC(=O)CC(C)C)[C@H](C)O3)[C@H](N(C)C)[C@H]2O)[C@@H](CC=O)C[C@@H](C)[C@@H](O)/C=C/C=C\C[C@@H](C)OC(=O)C[C@H]1O. The number of aliphatic hydroxyl groups excluding tert-OH is 3. The molecule has 2 fully saturated rings. The summed E-state index contributed by atoms with van der Waals surface area (Å²) in [5, 5.41) is 45.8. The molecule has 0 amide bonds. The lowest BCUT2D eigenvalue weighted by molar-refractivity contribution is -0.344. The number of allylic oxidation sites excluding steroid dienone is 2. The van der Waals surface area contributed by atoms with Gasteiger partial charge in [0.2, 0.25) is 0 Å². The highest BCUT2D eigenvalue weighted by molar-refractivity contribution is 5.70. The molecule has 2 saturated heterocycles. The van der Waals surface area contributed by atoms with Crippen LogP contribution < -0.4 is 0 Å². The average Bonchev–Trinajstić information content (AvgIpc) is 3.06. The van der Waals surface area contributed by atoms with Crippen molar-refractivity contribution >= 4 is 18.2 Å². The van der Waals surface area contributed by atoms with Crippen molar-refractivity contribution in [2.75, 3.05) is 21.2 Å². The Labute approximate surface area is 326 Å². The summed E-state index contributed by atoms with van der Waals surface area (Å²) in [6, 6.07) is -0.753. The maximum Gasteiger partial charge on any atom is 0.308 e. The van der Waals surface area contributed by atoms with Crippen LogP contribution in [-0.2, 0) is 47.5 Å². The number of nitrogens with zero attached hydrogens (tertiary/aromatic N) is 1. The number of likely N-dealkylation sites (N-methyl/N-ethyl adjacent to an activating group) is 1. The minimum Gasteiger partial charge on any atom is -0.462 e. The lowest BCUT2D eigenvalue weighted by Gasteiger charge is -2.50. The third-order valence-electron chi connectivity index (χ3n) is 10.6. The van der Waals surface area contributed by atoms with Crippen LogP contribution in [0.4, 0.5) is 0 Å². The van der Waals surface area contributed by atoms with E-state index in [-0.39, 0.29) is 37.5 Å². The van der Waals surface area contributed by atoms with E-state index >= 15 is 0 Å². The van der Waals surface area contributed by atoms with E-state index in [9.17, 15) is 34.8 Å². The monoisotopic (exact) mass is 785 g/mol. The van der Waals surface area contributed by atoms with Crippen molar-refractivity contribution < 1.29 is 68.0 Å². The van der Waals surface area contributed by atoms with Crippen molar-refractivity contribution in [3.8, 4) is 0 Å². The quantitative estimate of drug-likeness (QED) is 0.176. The van der Waals surface area contributed by atoms with E-state index in [2.05, 4.69) is 0 Å². The third kappa shape index (κ3) is 13.4. The van der Waals surface area contributed by atoms with E-state index < -0.39 is 110 Å². The number of carbonyl (C=O) groups excluding carboxylic acids is 3. The summed E-state index contributed by atoms with van der Waals surface area (Å²) >= 11 is 0. The van der Waals surface area contributed by atoms with Crippen LogP contribution in [-0.4, -0.2) is 150 Å². The molecule has 0 aromatic heterocycles. The highest BCUT2D eigenvalue weighted by Crippen LogP contribution is 2.37. The van der Waals surface area contributed by atoms with Crippen molar-refractivity contribution in [2.45, 2.75) is 172 Å². The third-order valence-corrected chi connectivity index (χ3v) is 10.6. The lowest BCUT2D eigenvalue weighted by Crippen LogP contribution is -2.66. The topological polar surface area (TPSA) is 200 Å². The zero-order valence-electron chi connectivity index (χ0n) is 34.2. The second kappa shape index (κ2) is 21.4. The summed E-state index contributed by atoms with van der Waals surface area (Å²) in [6.07, 6.45) is -3.92. The largest absolute Gasteiger partial charge is 0.462 e. The fourth-order valence-electron chi connectivity index (χ4n) is 7.78. The van der Waals surface area contributed by atoms with Gasteiger partial charge in [-0.15, -0.1) is 0 Å². The molecule has 3 rings (SSSR count). The predicted octanol–water partition coefficient (Wildman–Crippen LogP) is 2.44. The van der Waals surface area contributed by atoms with Gasteiger partial charge in [-0.1, -0.05) is 45.1 Å². The minimum absolute atomic E-state index is 0.0318. The lowest BCUT2D eigenvalue weighted by atomic mass is 9.82. The zero-order chi connectivity index (χ0) is 41.2. The number of cyclic esters (lactones) is 1. The molecular formula is C40H67NO14. The Kier molecular flexibility index (Phi) is 18.4. The van der Waals surface area contributed by atoms with Crippen molar-refractivity contribution in [1.82, 2.24) is 4.90 Å². The first-order valence-electron chi connectivity index (χ1n) is 19.5. The number of aliphatic hydroxyl groups is 4. The maximum atomic E-state index is 12.9. The van der Waals surface area contributed by atoms with Gasteiger partial charge in [0.25, 0.3) is 0 Å². The average molecular weight is 786 g/mol. The van der Waals surface area contributed by atoms with Gasteiger partial charge >= 0.3 is 11.9 Å². The smallest absolute Gasteiger partial charge is 0.308 e. The summed E-state index contributed by atoms with van der Waals surface area (Å²) in [5.41, 5.74) is -1.49. The molecule has 15 heteroatoms. The van der Waals surface area contributed by atoms with Crippen molar-refractivity contribution in [2.24, 2.45) is 17.8 Å². The molecule has 15 nitrogen and oxygen atoms in total. The Morgan fingerprint density at radius 1 is 1.04 bits per heavy atom. The van der Waals surface area contributed by atoms with E-state index in [1.165, 1.54) is 7.11 Å². The van der Waals surface area contributed by atoms with Crippen LogP contribution >= 0.6 is 0 Å². The second-order valence-electron chi connectivity index (χ2n) is 16.4. The first kappa shape index (κ1) is 47.1. The molecule has 3 heterocycles. The molecule has 55 heavy (non-hydrogen) atoms. The summed E-state index contributed by atoms with van der Waals surface area (Å²) in [5.74, 6) is -2.03. The fraction of sp³-hybridized carbons (Fsp3) is 0.825. The molecular weight excluding hydrogens is 718 g/mol. The molecule has 0 saturated carbocycles. The number of hydrogen-bond acceptors (Lipinski definition) is 15. The molecule has 1 unspecified atom stereocenters. The minimum atomic E-state index is -1.49. The van der Waals surface area contributed by atoms with Crippen LogP contribution in [0.2, 0.25) is 0 Å². The fourth-order valence-corrected chi connectivity index (χ4v) is 7.78. The van der Waals surface area contributed by atoms with Gasteiger partial charge in [-0.25, -0.2) is 0 Å². The molecule has 4 N–H and O–H groups in total. The Balaban J connectivity index is 1.90. The first-order valence-corrected chi connectivity index (χ1v) is 19.5. The van der Waals surface area contributed by atoms with Crippen LogP contribution in [0.3, 0.4) is 0 Å². The van der Waals surface area contributed by atoms with Crippen LogP contribution in [0.5, 0.6) is 0 Å². The van der Waals surface area contributed by atoms with Gasteiger partial charge in [0.1, 0.15) is 36.3 Å². The molecule has 0 aliphatic carbocycles.